The summed E-state index contributed by atoms with van der Waals surface area (Å²) >= 11 is 0. The molecule has 4 aliphatic rings. The fraction of sp³-hybridized carbons (Fsp3) is 0.867. The normalized spacial score (nSPS) is 38.1. The number of esters is 3. The third-order valence-electron chi connectivity index (χ3n) is 9.95. The van der Waals surface area contributed by atoms with Crippen molar-refractivity contribution in [3.63, 3.8) is 0 Å². The van der Waals surface area contributed by atoms with Crippen molar-refractivity contribution in [3.8, 4) is 0 Å². The van der Waals surface area contributed by atoms with Crippen molar-refractivity contribution in [1.29, 1.82) is 0 Å². The van der Waals surface area contributed by atoms with Gasteiger partial charge in [-0.3, -0.25) is 19.2 Å². The van der Waals surface area contributed by atoms with E-state index in [0.717, 1.165) is 0 Å². The van der Waals surface area contributed by atoms with E-state index in [1.165, 1.54) is 0 Å². The molecule has 11 atom stereocenters. The predicted molar refractivity (Wildman–Crippen MR) is 141 cm³/mol. The van der Waals surface area contributed by atoms with Crippen LogP contribution in [0.15, 0.2) is 0 Å². The maximum atomic E-state index is 13.5. The van der Waals surface area contributed by atoms with Gasteiger partial charge in [0.2, 0.25) is 0 Å². The van der Waals surface area contributed by atoms with Crippen LogP contribution in [0.3, 0.4) is 0 Å². The third-order valence-corrected chi connectivity index (χ3v) is 9.95. The molecule has 10 heteroatoms. The van der Waals surface area contributed by atoms with E-state index in [4.69, 9.17) is 14.2 Å². The second kappa shape index (κ2) is 10.6. The first-order valence-electron chi connectivity index (χ1n) is 14.6. The van der Waals surface area contributed by atoms with Crippen molar-refractivity contribution in [2.24, 2.45) is 46.3 Å². The molecular weight excluding hydrogens is 520 g/mol. The lowest BCUT2D eigenvalue weighted by atomic mass is 9.72. The Labute approximate surface area is 236 Å². The molecule has 40 heavy (non-hydrogen) atoms. The molecule has 4 rings (SSSR count). The summed E-state index contributed by atoms with van der Waals surface area (Å²) < 4.78 is 17.2. The topological polar surface area (TPSA) is 157 Å². The molecular formula is C30H46O10. The number of carbonyl (C=O) groups excluding carboxylic acids is 3. The number of rotatable bonds is 9. The lowest BCUT2D eigenvalue weighted by molar-refractivity contribution is -0.184. The number of aliphatic hydroxyl groups is 2. The first-order valence-corrected chi connectivity index (χ1v) is 14.6. The number of aliphatic hydroxyl groups excluding tert-OH is 2. The molecule has 0 aliphatic heterocycles. The molecule has 0 radical (unpaired) electrons. The lowest BCUT2D eigenvalue weighted by Gasteiger charge is -2.38. The molecule has 0 amide bonds. The quantitative estimate of drug-likeness (QED) is 0.280. The predicted octanol–water partition coefficient (Wildman–Crippen LogP) is 3.10. The molecule has 10 nitrogen and oxygen atoms in total. The van der Waals surface area contributed by atoms with Gasteiger partial charge in [-0.25, -0.2) is 0 Å². The van der Waals surface area contributed by atoms with Crippen molar-refractivity contribution < 1.29 is 48.7 Å². The summed E-state index contributed by atoms with van der Waals surface area (Å²) in [5, 5.41) is 31.0. The van der Waals surface area contributed by atoms with Crippen molar-refractivity contribution in [1.82, 2.24) is 0 Å². The second-order valence-electron chi connectivity index (χ2n) is 14.6. The van der Waals surface area contributed by atoms with Crippen molar-refractivity contribution in [3.05, 3.63) is 0 Å². The van der Waals surface area contributed by atoms with Crippen LogP contribution in [-0.4, -0.2) is 69.2 Å². The highest BCUT2D eigenvalue weighted by molar-refractivity contribution is 5.81. The molecule has 4 bridgehead atoms. The number of hydrogen-bond acceptors (Lipinski definition) is 9. The number of hydrogen-bond donors (Lipinski definition) is 3. The van der Waals surface area contributed by atoms with Gasteiger partial charge in [0.1, 0.15) is 17.8 Å². The minimum atomic E-state index is -1.14. The Morgan fingerprint density at radius 2 is 1.23 bits per heavy atom. The van der Waals surface area contributed by atoms with Crippen LogP contribution in [0.2, 0.25) is 0 Å². The molecule has 0 aromatic rings. The summed E-state index contributed by atoms with van der Waals surface area (Å²) in [6, 6.07) is 0. The van der Waals surface area contributed by atoms with E-state index in [0.29, 0.717) is 32.1 Å². The average molecular weight is 567 g/mol. The summed E-state index contributed by atoms with van der Waals surface area (Å²) in [4.78, 5) is 51.4. The molecule has 0 heterocycles. The van der Waals surface area contributed by atoms with Crippen LogP contribution in [0.5, 0.6) is 0 Å². The molecule has 3 N–H and O–H groups in total. The lowest BCUT2D eigenvalue weighted by Crippen LogP contribution is -2.47. The standard InChI is InChI=1S/C30H46O10/c1-8-30(7,27(37)39-22-16-9-14(20(22)31)11-18(16)24(33)34)13-29(5,6)26(36)38-23-17-10-15(21(23)32)12-19(17)25(35)40-28(2,3)4/h14-23,31-32H,8-13H2,1-7H3,(H,33,34). The zero-order valence-electron chi connectivity index (χ0n) is 24.7. The summed E-state index contributed by atoms with van der Waals surface area (Å²) in [6.07, 6.45) is -1.11. The number of carbonyl (C=O) groups is 4. The van der Waals surface area contributed by atoms with Gasteiger partial charge in [-0.1, -0.05) is 6.92 Å². The Balaban J connectivity index is 1.41. The Morgan fingerprint density at radius 3 is 1.68 bits per heavy atom. The van der Waals surface area contributed by atoms with Crippen LogP contribution in [0.4, 0.5) is 0 Å². The third kappa shape index (κ3) is 5.62. The van der Waals surface area contributed by atoms with Crippen LogP contribution in [0.25, 0.3) is 0 Å². The average Bonchev–Trinajstić information content (AvgIpc) is 3.59. The number of ether oxygens (including phenoxy) is 3. The Kier molecular flexibility index (Phi) is 8.13. The second-order valence-corrected chi connectivity index (χ2v) is 14.6. The van der Waals surface area contributed by atoms with E-state index in [1.54, 1.807) is 41.5 Å². The fourth-order valence-corrected chi connectivity index (χ4v) is 7.73. The van der Waals surface area contributed by atoms with Gasteiger partial charge in [0.15, 0.2) is 0 Å². The van der Waals surface area contributed by atoms with E-state index >= 15 is 0 Å². The molecule has 11 unspecified atom stereocenters. The smallest absolute Gasteiger partial charge is 0.312 e. The molecule has 4 fully saturated rings. The Hall–Kier alpha value is -2.20. The number of fused-ring (bicyclic) bond motifs is 4. The van der Waals surface area contributed by atoms with Crippen LogP contribution >= 0.6 is 0 Å². The minimum absolute atomic E-state index is 0.0832. The van der Waals surface area contributed by atoms with Crippen LogP contribution in [0.1, 0.15) is 87.0 Å². The van der Waals surface area contributed by atoms with E-state index < -0.39 is 76.5 Å². The maximum Gasteiger partial charge on any atom is 0.312 e. The van der Waals surface area contributed by atoms with E-state index in [1.807, 2.05) is 6.92 Å². The monoisotopic (exact) mass is 566 g/mol. The van der Waals surface area contributed by atoms with Gasteiger partial charge in [0.25, 0.3) is 0 Å². The Morgan fingerprint density at radius 1 is 0.750 bits per heavy atom. The SMILES string of the molecule is CCC(C)(CC(C)(C)C(=O)OC1C(O)C2CC(C(=O)OC(C)(C)C)C1C2)C(=O)OC1C(O)C2CC(C(=O)O)C1C2. The van der Waals surface area contributed by atoms with Gasteiger partial charge < -0.3 is 29.5 Å². The maximum absolute atomic E-state index is 13.5. The van der Waals surface area contributed by atoms with Gasteiger partial charge in [-0.15, -0.1) is 0 Å². The zero-order chi connectivity index (χ0) is 29.9. The van der Waals surface area contributed by atoms with E-state index in [9.17, 15) is 34.5 Å². The molecule has 0 saturated heterocycles. The molecule has 0 aromatic heterocycles. The van der Waals surface area contributed by atoms with Gasteiger partial charge in [0, 0.05) is 11.8 Å². The molecule has 226 valence electrons. The van der Waals surface area contributed by atoms with Gasteiger partial charge in [-0.05, 0) is 91.9 Å². The van der Waals surface area contributed by atoms with Crippen molar-refractivity contribution in [2.45, 2.75) is 117 Å². The highest BCUT2D eigenvalue weighted by Crippen LogP contribution is 2.52. The summed E-state index contributed by atoms with van der Waals surface area (Å²) in [6.45, 7) is 12.2. The van der Waals surface area contributed by atoms with E-state index in [2.05, 4.69) is 0 Å². The number of carboxylic acid groups (broad SMARTS) is 1. The van der Waals surface area contributed by atoms with Crippen LogP contribution in [-0.2, 0) is 33.4 Å². The Bertz CT molecular complexity index is 1030. The van der Waals surface area contributed by atoms with Crippen molar-refractivity contribution >= 4 is 23.9 Å². The minimum Gasteiger partial charge on any atom is -0.481 e. The molecule has 0 aromatic carbocycles. The van der Waals surface area contributed by atoms with E-state index in [-0.39, 0.29) is 30.1 Å². The fourth-order valence-electron chi connectivity index (χ4n) is 7.73. The van der Waals surface area contributed by atoms with Crippen LogP contribution in [0, 0.1) is 46.3 Å². The summed E-state index contributed by atoms with van der Waals surface area (Å²) in [5.74, 6) is -4.68. The van der Waals surface area contributed by atoms with Gasteiger partial charge >= 0.3 is 23.9 Å². The first kappa shape index (κ1) is 30.8. The highest BCUT2D eigenvalue weighted by Gasteiger charge is 2.59. The van der Waals surface area contributed by atoms with Gasteiger partial charge in [0.05, 0.1) is 34.9 Å². The zero-order valence-corrected chi connectivity index (χ0v) is 24.7. The summed E-state index contributed by atoms with van der Waals surface area (Å²) in [7, 11) is 0. The van der Waals surface area contributed by atoms with Gasteiger partial charge in [-0.2, -0.15) is 0 Å². The van der Waals surface area contributed by atoms with Crippen LogP contribution < -0.4 is 0 Å². The molecule has 4 aliphatic carbocycles. The molecule has 4 saturated carbocycles. The molecule has 0 spiro atoms. The summed E-state index contributed by atoms with van der Waals surface area (Å²) in [5.41, 5.74) is -2.88. The largest absolute Gasteiger partial charge is 0.481 e. The number of carboxylic acids is 1. The van der Waals surface area contributed by atoms with Crippen molar-refractivity contribution in [2.75, 3.05) is 0 Å². The number of aliphatic carboxylic acids is 1. The highest BCUT2D eigenvalue weighted by atomic mass is 16.6. The first-order chi connectivity index (χ1) is 18.4.